The number of nitrogens with one attached hydrogen (secondary N) is 1. The van der Waals surface area contributed by atoms with Gasteiger partial charge in [0.2, 0.25) is 5.91 Å². The Morgan fingerprint density at radius 1 is 1.17 bits per heavy atom. The Labute approximate surface area is 140 Å². The van der Waals surface area contributed by atoms with E-state index in [0.717, 1.165) is 16.9 Å². The Bertz CT molecular complexity index is 699. The Morgan fingerprint density at radius 2 is 1.91 bits per heavy atom. The molecule has 0 saturated heterocycles. The molecule has 0 bridgehead atoms. The molecular formula is C19H20FNOS. The Balaban J connectivity index is 1.52. The molecular weight excluding hydrogens is 309 g/mol. The SMILES string of the molecule is CC(NC(=O)CSc1ccc2c(c1)CCC2)c1ccc(F)cc1. The molecule has 0 saturated carbocycles. The molecule has 1 unspecified atom stereocenters. The van der Waals surface area contributed by atoms with Gasteiger partial charge in [0.05, 0.1) is 11.8 Å². The lowest BCUT2D eigenvalue weighted by Crippen LogP contribution is -2.28. The van der Waals surface area contributed by atoms with Crippen LogP contribution in [-0.4, -0.2) is 11.7 Å². The van der Waals surface area contributed by atoms with E-state index in [4.69, 9.17) is 0 Å². The van der Waals surface area contributed by atoms with Gasteiger partial charge in [-0.2, -0.15) is 0 Å². The number of rotatable bonds is 5. The average Bonchev–Trinajstić information content (AvgIpc) is 3.01. The molecule has 1 amide bonds. The van der Waals surface area contributed by atoms with E-state index in [0.29, 0.717) is 5.75 Å². The van der Waals surface area contributed by atoms with E-state index < -0.39 is 0 Å². The molecule has 2 aromatic rings. The molecule has 3 rings (SSSR count). The van der Waals surface area contributed by atoms with Gasteiger partial charge in [-0.1, -0.05) is 18.2 Å². The largest absolute Gasteiger partial charge is 0.349 e. The van der Waals surface area contributed by atoms with Crippen LogP contribution in [-0.2, 0) is 17.6 Å². The van der Waals surface area contributed by atoms with Gasteiger partial charge in [-0.25, -0.2) is 4.39 Å². The fourth-order valence-electron chi connectivity index (χ4n) is 2.90. The van der Waals surface area contributed by atoms with Gasteiger partial charge < -0.3 is 5.32 Å². The van der Waals surface area contributed by atoms with E-state index in [1.807, 2.05) is 6.92 Å². The zero-order chi connectivity index (χ0) is 16.2. The molecule has 2 nitrogen and oxygen atoms in total. The van der Waals surface area contributed by atoms with Crippen molar-refractivity contribution in [1.82, 2.24) is 5.32 Å². The Morgan fingerprint density at radius 3 is 2.70 bits per heavy atom. The van der Waals surface area contributed by atoms with Crippen molar-refractivity contribution in [3.63, 3.8) is 0 Å². The third-order valence-electron chi connectivity index (χ3n) is 4.19. The van der Waals surface area contributed by atoms with Crippen molar-refractivity contribution < 1.29 is 9.18 Å². The number of fused-ring (bicyclic) bond motifs is 1. The average molecular weight is 329 g/mol. The maximum absolute atomic E-state index is 12.9. The molecule has 120 valence electrons. The summed E-state index contributed by atoms with van der Waals surface area (Å²) in [6.45, 7) is 1.91. The van der Waals surface area contributed by atoms with E-state index >= 15 is 0 Å². The van der Waals surface area contributed by atoms with E-state index in [1.165, 1.54) is 36.1 Å². The van der Waals surface area contributed by atoms with Gasteiger partial charge in [0.25, 0.3) is 0 Å². The molecule has 23 heavy (non-hydrogen) atoms. The number of hydrogen-bond donors (Lipinski definition) is 1. The van der Waals surface area contributed by atoms with Crippen molar-refractivity contribution >= 4 is 17.7 Å². The summed E-state index contributed by atoms with van der Waals surface area (Å²) < 4.78 is 12.9. The second-order valence-electron chi connectivity index (χ2n) is 5.91. The minimum absolute atomic E-state index is 0.00711. The number of aryl methyl sites for hydroxylation is 2. The fraction of sp³-hybridized carbons (Fsp3) is 0.316. The summed E-state index contributed by atoms with van der Waals surface area (Å²) in [6, 6.07) is 12.6. The Kier molecular flexibility index (Phi) is 5.01. The molecule has 4 heteroatoms. The molecule has 0 spiro atoms. The summed E-state index contributed by atoms with van der Waals surface area (Å²) in [4.78, 5) is 13.2. The molecule has 0 heterocycles. The van der Waals surface area contributed by atoms with E-state index in [9.17, 15) is 9.18 Å². The monoisotopic (exact) mass is 329 g/mol. The van der Waals surface area contributed by atoms with Gasteiger partial charge in [-0.3, -0.25) is 4.79 Å². The molecule has 0 aliphatic heterocycles. The normalized spacial score (nSPS) is 14.3. The first-order chi connectivity index (χ1) is 11.1. The van der Waals surface area contributed by atoms with Crippen molar-refractivity contribution in [2.24, 2.45) is 0 Å². The van der Waals surface area contributed by atoms with Gasteiger partial charge in [0.1, 0.15) is 5.82 Å². The van der Waals surface area contributed by atoms with E-state index in [2.05, 4.69) is 23.5 Å². The van der Waals surface area contributed by atoms with Crippen LogP contribution in [0, 0.1) is 5.82 Å². The van der Waals surface area contributed by atoms with Gasteiger partial charge in [0.15, 0.2) is 0 Å². The van der Waals surface area contributed by atoms with Crippen LogP contribution in [0.2, 0.25) is 0 Å². The lowest BCUT2D eigenvalue weighted by atomic mass is 10.1. The number of carbonyl (C=O) groups is 1. The van der Waals surface area contributed by atoms with Crippen LogP contribution in [0.1, 0.15) is 36.1 Å². The van der Waals surface area contributed by atoms with Crippen molar-refractivity contribution in [1.29, 1.82) is 0 Å². The lowest BCUT2D eigenvalue weighted by Gasteiger charge is -2.14. The van der Waals surface area contributed by atoms with Crippen LogP contribution in [0.25, 0.3) is 0 Å². The van der Waals surface area contributed by atoms with Crippen molar-refractivity contribution in [3.05, 3.63) is 65.0 Å². The fourth-order valence-corrected chi connectivity index (χ4v) is 3.68. The second kappa shape index (κ2) is 7.18. The maximum Gasteiger partial charge on any atom is 0.230 e. The van der Waals surface area contributed by atoms with Gasteiger partial charge in [0, 0.05) is 4.90 Å². The standard InChI is InChI=1S/C19H20FNOS/c1-13(14-5-8-17(20)9-6-14)21-19(22)12-23-18-10-7-15-3-2-4-16(15)11-18/h5-11,13H,2-4,12H2,1H3,(H,21,22). The molecule has 1 atom stereocenters. The number of benzene rings is 2. The maximum atomic E-state index is 12.9. The van der Waals surface area contributed by atoms with Crippen LogP contribution < -0.4 is 5.32 Å². The summed E-state index contributed by atoms with van der Waals surface area (Å²) in [5.41, 5.74) is 3.78. The van der Waals surface area contributed by atoms with Gasteiger partial charge in [-0.15, -0.1) is 11.8 Å². The number of hydrogen-bond acceptors (Lipinski definition) is 2. The molecule has 1 aliphatic carbocycles. The molecule has 0 fully saturated rings. The zero-order valence-corrected chi connectivity index (χ0v) is 14.0. The molecule has 1 aliphatic rings. The number of thioether (sulfide) groups is 1. The quantitative estimate of drug-likeness (QED) is 0.829. The highest BCUT2D eigenvalue weighted by Crippen LogP contribution is 2.27. The number of halogens is 1. The summed E-state index contributed by atoms with van der Waals surface area (Å²) in [6.07, 6.45) is 3.56. The van der Waals surface area contributed by atoms with Crippen molar-refractivity contribution in [2.45, 2.75) is 37.1 Å². The van der Waals surface area contributed by atoms with E-state index in [-0.39, 0.29) is 17.8 Å². The predicted octanol–water partition coefficient (Wildman–Crippen LogP) is 4.28. The molecule has 1 N–H and O–H groups in total. The molecule has 0 aromatic heterocycles. The summed E-state index contributed by atoms with van der Waals surface area (Å²) in [5, 5.41) is 2.96. The summed E-state index contributed by atoms with van der Waals surface area (Å²) in [5.74, 6) is 0.122. The first kappa shape index (κ1) is 16.1. The van der Waals surface area contributed by atoms with E-state index in [1.54, 1.807) is 23.9 Å². The topological polar surface area (TPSA) is 29.1 Å². The highest BCUT2D eigenvalue weighted by Gasteiger charge is 2.13. The third kappa shape index (κ3) is 4.14. The van der Waals surface area contributed by atoms with Crippen molar-refractivity contribution in [2.75, 3.05) is 5.75 Å². The zero-order valence-electron chi connectivity index (χ0n) is 13.1. The molecule has 0 radical (unpaired) electrons. The van der Waals surface area contributed by atoms with Gasteiger partial charge >= 0.3 is 0 Å². The minimum Gasteiger partial charge on any atom is -0.349 e. The van der Waals surface area contributed by atoms with Crippen LogP contribution in [0.5, 0.6) is 0 Å². The lowest BCUT2D eigenvalue weighted by molar-refractivity contribution is -0.119. The van der Waals surface area contributed by atoms with Crippen LogP contribution >= 0.6 is 11.8 Å². The number of amides is 1. The smallest absolute Gasteiger partial charge is 0.230 e. The first-order valence-electron chi connectivity index (χ1n) is 7.91. The first-order valence-corrected chi connectivity index (χ1v) is 8.90. The van der Waals surface area contributed by atoms with Crippen LogP contribution in [0.15, 0.2) is 47.4 Å². The van der Waals surface area contributed by atoms with Gasteiger partial charge in [-0.05, 0) is 67.1 Å². The van der Waals surface area contributed by atoms with Crippen LogP contribution in [0.4, 0.5) is 4.39 Å². The Hall–Kier alpha value is -1.81. The minimum atomic E-state index is -0.264. The summed E-state index contributed by atoms with van der Waals surface area (Å²) >= 11 is 1.56. The second-order valence-corrected chi connectivity index (χ2v) is 6.96. The molecule has 2 aromatic carbocycles. The van der Waals surface area contributed by atoms with Crippen molar-refractivity contribution in [3.8, 4) is 0 Å². The van der Waals surface area contributed by atoms with Crippen LogP contribution in [0.3, 0.4) is 0 Å². The third-order valence-corrected chi connectivity index (χ3v) is 5.18. The highest BCUT2D eigenvalue weighted by molar-refractivity contribution is 8.00. The highest BCUT2D eigenvalue weighted by atomic mass is 32.2. The predicted molar refractivity (Wildman–Crippen MR) is 92.1 cm³/mol. The summed E-state index contributed by atoms with van der Waals surface area (Å²) in [7, 11) is 0. The number of carbonyl (C=O) groups excluding carboxylic acids is 1.